The monoisotopic (exact) mass is 323 g/mol. The van der Waals surface area contributed by atoms with Crippen LogP contribution in [-0.2, 0) is 0 Å². The van der Waals surface area contributed by atoms with E-state index in [-0.39, 0.29) is 11.6 Å². The van der Waals surface area contributed by atoms with Crippen LogP contribution in [-0.4, -0.2) is 9.97 Å². The summed E-state index contributed by atoms with van der Waals surface area (Å²) in [7, 11) is 0. The number of hydrogen-bond acceptors (Lipinski definition) is 4. The Morgan fingerprint density at radius 2 is 2.06 bits per heavy atom. The van der Waals surface area contributed by atoms with Gasteiger partial charge in [0.25, 0.3) is 5.88 Å². The minimum absolute atomic E-state index is 0.182. The quantitative estimate of drug-likeness (QED) is 0.798. The maximum Gasteiger partial charge on any atom is 0.256 e. The van der Waals surface area contributed by atoms with Crippen molar-refractivity contribution in [1.82, 2.24) is 9.97 Å². The molecule has 0 atom stereocenters. The van der Waals surface area contributed by atoms with E-state index in [0.29, 0.717) is 5.75 Å². The van der Waals surface area contributed by atoms with Gasteiger partial charge >= 0.3 is 0 Å². The second-order valence-corrected chi connectivity index (χ2v) is 4.13. The van der Waals surface area contributed by atoms with Crippen molar-refractivity contribution in [3.8, 4) is 17.7 Å². The van der Waals surface area contributed by atoms with Gasteiger partial charge in [0, 0.05) is 16.0 Å². The van der Waals surface area contributed by atoms with Gasteiger partial charge in [-0.25, -0.2) is 9.97 Å². The summed E-state index contributed by atoms with van der Waals surface area (Å²) in [4.78, 5) is 7.83. The number of halogens is 1. The van der Waals surface area contributed by atoms with Crippen molar-refractivity contribution in [2.24, 2.45) is 0 Å². The van der Waals surface area contributed by atoms with E-state index in [9.17, 15) is 0 Å². The normalized spacial score (nSPS) is 9.50. The van der Waals surface area contributed by atoms with Crippen molar-refractivity contribution in [1.29, 1.82) is 5.26 Å². The summed E-state index contributed by atoms with van der Waals surface area (Å²) in [5.74, 6) is 0.871. The average molecular weight is 323 g/mol. The molecule has 0 saturated heterocycles. The molecule has 1 aromatic carbocycles. The van der Waals surface area contributed by atoms with Crippen LogP contribution in [0.5, 0.6) is 11.6 Å². The van der Waals surface area contributed by atoms with Crippen molar-refractivity contribution in [3.63, 3.8) is 0 Å². The van der Waals surface area contributed by atoms with Crippen LogP contribution < -0.4 is 4.74 Å². The molecule has 16 heavy (non-hydrogen) atoms. The molecular weight excluding hydrogens is 317 g/mol. The van der Waals surface area contributed by atoms with Crippen LogP contribution in [0.15, 0.2) is 36.7 Å². The first kappa shape index (κ1) is 10.8. The lowest BCUT2D eigenvalue weighted by molar-refractivity contribution is 0.458. The van der Waals surface area contributed by atoms with E-state index >= 15 is 0 Å². The van der Waals surface area contributed by atoms with Gasteiger partial charge in [-0.05, 0) is 40.8 Å². The Labute approximate surface area is 106 Å². The molecular formula is C11H6IN3O. The lowest BCUT2D eigenvalue weighted by atomic mass is 10.3. The van der Waals surface area contributed by atoms with Crippen LogP contribution in [0.2, 0.25) is 0 Å². The van der Waals surface area contributed by atoms with Gasteiger partial charge in [0.05, 0.1) is 0 Å². The molecule has 2 rings (SSSR count). The van der Waals surface area contributed by atoms with Crippen molar-refractivity contribution < 1.29 is 4.74 Å². The largest absolute Gasteiger partial charge is 0.436 e. The number of aromatic nitrogens is 2. The van der Waals surface area contributed by atoms with Crippen LogP contribution in [0.3, 0.4) is 0 Å². The van der Waals surface area contributed by atoms with E-state index < -0.39 is 0 Å². The third-order valence-corrected chi connectivity index (χ3v) is 2.45. The zero-order valence-corrected chi connectivity index (χ0v) is 10.2. The summed E-state index contributed by atoms with van der Waals surface area (Å²) >= 11 is 2.19. The number of benzene rings is 1. The zero-order valence-electron chi connectivity index (χ0n) is 8.09. The highest BCUT2D eigenvalue weighted by molar-refractivity contribution is 14.1. The highest BCUT2D eigenvalue weighted by Gasteiger charge is 2.06. The minimum atomic E-state index is 0.182. The summed E-state index contributed by atoms with van der Waals surface area (Å²) in [6.07, 6.45) is 2.95. The van der Waals surface area contributed by atoms with E-state index in [1.807, 2.05) is 24.3 Å². The first-order valence-electron chi connectivity index (χ1n) is 4.44. The van der Waals surface area contributed by atoms with Crippen LogP contribution in [0, 0.1) is 14.9 Å². The molecule has 0 aliphatic carbocycles. The molecule has 0 amide bonds. The maximum atomic E-state index is 8.82. The number of nitriles is 1. The molecule has 5 heteroatoms. The Morgan fingerprint density at radius 3 is 2.81 bits per heavy atom. The van der Waals surface area contributed by atoms with Crippen molar-refractivity contribution >= 4 is 22.6 Å². The van der Waals surface area contributed by atoms with E-state index in [1.54, 1.807) is 6.07 Å². The summed E-state index contributed by atoms with van der Waals surface area (Å²) < 4.78 is 6.53. The average Bonchev–Trinajstić information content (AvgIpc) is 2.30. The van der Waals surface area contributed by atoms with Crippen LogP contribution in [0.4, 0.5) is 0 Å². The standard InChI is InChI=1S/C11H6IN3O/c12-8-2-1-3-9(6-8)16-11-10(7-13)14-4-5-15-11/h1-6H. The number of ether oxygens (including phenoxy) is 1. The predicted molar refractivity (Wildman–Crippen MR) is 66.0 cm³/mol. The fourth-order valence-corrected chi connectivity index (χ4v) is 1.63. The Bertz CT molecular complexity index is 551. The summed E-state index contributed by atoms with van der Waals surface area (Å²) in [5, 5.41) is 8.82. The lowest BCUT2D eigenvalue weighted by Gasteiger charge is -2.04. The van der Waals surface area contributed by atoms with Gasteiger partial charge < -0.3 is 4.74 Å². The van der Waals surface area contributed by atoms with Crippen molar-refractivity contribution in [3.05, 3.63) is 45.9 Å². The fraction of sp³-hybridized carbons (Fsp3) is 0. The van der Waals surface area contributed by atoms with Gasteiger partial charge in [-0.3, -0.25) is 0 Å². The molecule has 0 bridgehead atoms. The van der Waals surface area contributed by atoms with Gasteiger partial charge in [0.2, 0.25) is 5.69 Å². The highest BCUT2D eigenvalue weighted by Crippen LogP contribution is 2.22. The van der Waals surface area contributed by atoms with Crippen molar-refractivity contribution in [2.75, 3.05) is 0 Å². The van der Waals surface area contributed by atoms with Gasteiger partial charge in [-0.1, -0.05) is 6.07 Å². The molecule has 0 spiro atoms. The van der Waals surface area contributed by atoms with E-state index in [0.717, 1.165) is 3.57 Å². The Balaban J connectivity index is 2.31. The Kier molecular flexibility index (Phi) is 3.31. The van der Waals surface area contributed by atoms with Crippen LogP contribution >= 0.6 is 22.6 Å². The third kappa shape index (κ3) is 2.46. The fourth-order valence-electron chi connectivity index (χ4n) is 1.12. The minimum Gasteiger partial charge on any atom is -0.436 e. The highest BCUT2D eigenvalue weighted by atomic mass is 127. The first-order chi connectivity index (χ1) is 7.79. The topological polar surface area (TPSA) is 58.8 Å². The smallest absolute Gasteiger partial charge is 0.256 e. The van der Waals surface area contributed by atoms with E-state index in [2.05, 4.69) is 32.6 Å². The molecule has 2 aromatic rings. The van der Waals surface area contributed by atoms with Crippen LogP contribution in [0.25, 0.3) is 0 Å². The molecule has 0 aliphatic heterocycles. The van der Waals surface area contributed by atoms with E-state index in [1.165, 1.54) is 12.4 Å². The molecule has 78 valence electrons. The molecule has 0 saturated carbocycles. The molecule has 0 unspecified atom stereocenters. The number of nitrogens with zero attached hydrogens (tertiary/aromatic N) is 3. The van der Waals surface area contributed by atoms with Gasteiger partial charge in [0.15, 0.2) is 0 Å². The molecule has 1 heterocycles. The number of rotatable bonds is 2. The molecule has 0 fully saturated rings. The summed E-state index contributed by atoms with van der Waals surface area (Å²) in [6.45, 7) is 0. The Morgan fingerprint density at radius 1 is 1.25 bits per heavy atom. The van der Waals surface area contributed by atoms with Crippen molar-refractivity contribution in [2.45, 2.75) is 0 Å². The summed E-state index contributed by atoms with van der Waals surface area (Å²) in [6, 6.07) is 9.42. The first-order valence-corrected chi connectivity index (χ1v) is 5.52. The summed E-state index contributed by atoms with van der Waals surface area (Å²) in [5.41, 5.74) is 0.182. The molecule has 1 aromatic heterocycles. The van der Waals surface area contributed by atoms with Gasteiger partial charge in [0.1, 0.15) is 11.8 Å². The Hall–Kier alpha value is -1.68. The second-order valence-electron chi connectivity index (χ2n) is 2.88. The SMILES string of the molecule is N#Cc1nccnc1Oc1cccc(I)c1. The van der Waals surface area contributed by atoms with Crippen LogP contribution in [0.1, 0.15) is 5.69 Å². The maximum absolute atomic E-state index is 8.82. The molecule has 0 radical (unpaired) electrons. The lowest BCUT2D eigenvalue weighted by Crippen LogP contribution is -1.93. The zero-order chi connectivity index (χ0) is 11.4. The van der Waals surface area contributed by atoms with Gasteiger partial charge in [-0.15, -0.1) is 0 Å². The van der Waals surface area contributed by atoms with Gasteiger partial charge in [-0.2, -0.15) is 5.26 Å². The third-order valence-electron chi connectivity index (χ3n) is 1.78. The molecule has 4 nitrogen and oxygen atoms in total. The number of hydrogen-bond donors (Lipinski definition) is 0. The van der Waals surface area contributed by atoms with E-state index in [4.69, 9.17) is 10.00 Å². The molecule has 0 aliphatic rings. The second kappa shape index (κ2) is 4.90. The predicted octanol–water partition coefficient (Wildman–Crippen LogP) is 2.75. The molecule has 0 N–H and O–H groups in total.